The molecule has 0 bridgehead atoms. The normalized spacial score (nSPS) is 18.5. The molecule has 0 aromatic heterocycles. The standard InChI is InChI=1S/C13H19N2/c1-14(2)12-8-10-15(11-9-12)13-6-4-3-5-7-13/h4-7,12H,8-11H2,1-2H3. The first-order valence-electron chi connectivity index (χ1n) is 5.65. The van der Waals surface area contributed by atoms with Crippen molar-refractivity contribution in [3.05, 3.63) is 30.3 Å². The first kappa shape index (κ1) is 10.5. The molecule has 81 valence electrons. The SMILES string of the molecule is CN(C)C1CCN(c2cc[c]cc2)CC1. The van der Waals surface area contributed by atoms with E-state index >= 15 is 0 Å². The lowest BCUT2D eigenvalue weighted by atomic mass is 10.0. The number of hydrogen-bond acceptors (Lipinski definition) is 2. The number of piperidine rings is 1. The Kier molecular flexibility index (Phi) is 3.27. The van der Waals surface area contributed by atoms with Crippen LogP contribution in [0.1, 0.15) is 12.8 Å². The highest BCUT2D eigenvalue weighted by atomic mass is 15.2. The Hall–Kier alpha value is -1.02. The van der Waals surface area contributed by atoms with Crippen LogP contribution < -0.4 is 4.90 Å². The van der Waals surface area contributed by atoms with Gasteiger partial charge in [0.15, 0.2) is 0 Å². The molecular weight excluding hydrogens is 184 g/mol. The minimum absolute atomic E-state index is 0.761. The molecule has 1 aromatic carbocycles. The van der Waals surface area contributed by atoms with Crippen molar-refractivity contribution in [3.8, 4) is 0 Å². The highest BCUT2D eigenvalue weighted by Crippen LogP contribution is 2.20. The summed E-state index contributed by atoms with van der Waals surface area (Å²) in [6, 6.07) is 12.1. The van der Waals surface area contributed by atoms with Crippen LogP contribution >= 0.6 is 0 Å². The van der Waals surface area contributed by atoms with Gasteiger partial charge in [-0.1, -0.05) is 12.1 Å². The predicted octanol–water partition coefficient (Wildman–Crippen LogP) is 2.02. The van der Waals surface area contributed by atoms with Crippen LogP contribution in [0.4, 0.5) is 5.69 Å². The molecule has 0 spiro atoms. The zero-order valence-electron chi connectivity index (χ0n) is 9.61. The maximum atomic E-state index is 3.06. The van der Waals surface area contributed by atoms with Gasteiger partial charge in [-0.15, -0.1) is 0 Å². The number of benzene rings is 1. The third kappa shape index (κ3) is 2.51. The average molecular weight is 203 g/mol. The van der Waals surface area contributed by atoms with E-state index < -0.39 is 0 Å². The smallest absolute Gasteiger partial charge is 0.0366 e. The molecule has 2 heteroatoms. The van der Waals surface area contributed by atoms with Crippen LogP contribution in [0, 0.1) is 6.07 Å². The van der Waals surface area contributed by atoms with E-state index in [2.05, 4.69) is 42.1 Å². The summed E-state index contributed by atoms with van der Waals surface area (Å²) in [6.07, 6.45) is 2.54. The predicted molar refractivity (Wildman–Crippen MR) is 64.2 cm³/mol. The summed E-state index contributed by atoms with van der Waals surface area (Å²) >= 11 is 0. The summed E-state index contributed by atoms with van der Waals surface area (Å²) in [5.74, 6) is 0. The minimum atomic E-state index is 0.761. The molecule has 15 heavy (non-hydrogen) atoms. The van der Waals surface area contributed by atoms with Gasteiger partial charge < -0.3 is 9.80 Å². The van der Waals surface area contributed by atoms with E-state index in [0.717, 1.165) is 6.04 Å². The molecule has 0 saturated carbocycles. The van der Waals surface area contributed by atoms with Gasteiger partial charge in [-0.25, -0.2) is 0 Å². The van der Waals surface area contributed by atoms with E-state index in [1.807, 2.05) is 12.1 Å². The summed E-state index contributed by atoms with van der Waals surface area (Å²) in [6.45, 7) is 2.35. The van der Waals surface area contributed by atoms with Crippen LogP contribution in [-0.2, 0) is 0 Å². The quantitative estimate of drug-likeness (QED) is 0.725. The van der Waals surface area contributed by atoms with Crippen molar-refractivity contribution in [1.82, 2.24) is 4.90 Å². The van der Waals surface area contributed by atoms with Crippen LogP contribution in [0.2, 0.25) is 0 Å². The molecule has 1 aliphatic heterocycles. The fourth-order valence-electron chi connectivity index (χ4n) is 2.23. The lowest BCUT2D eigenvalue weighted by molar-refractivity contribution is 0.249. The Balaban J connectivity index is 1.94. The van der Waals surface area contributed by atoms with Gasteiger partial charge in [0.2, 0.25) is 0 Å². The minimum Gasteiger partial charge on any atom is -0.371 e. The van der Waals surface area contributed by atoms with Gasteiger partial charge in [0.25, 0.3) is 0 Å². The molecule has 1 radical (unpaired) electrons. The molecule has 1 aliphatic rings. The largest absolute Gasteiger partial charge is 0.371 e. The third-order valence-corrected chi connectivity index (χ3v) is 3.26. The lowest BCUT2D eigenvalue weighted by Gasteiger charge is -2.36. The Morgan fingerprint density at radius 2 is 1.80 bits per heavy atom. The summed E-state index contributed by atoms with van der Waals surface area (Å²) in [5, 5.41) is 0. The number of nitrogens with zero attached hydrogens (tertiary/aromatic N) is 2. The summed E-state index contributed by atoms with van der Waals surface area (Å²) < 4.78 is 0. The highest BCUT2D eigenvalue weighted by molar-refractivity contribution is 5.46. The second-order valence-electron chi connectivity index (χ2n) is 4.44. The van der Waals surface area contributed by atoms with E-state index in [0.29, 0.717) is 0 Å². The molecule has 0 N–H and O–H groups in total. The zero-order chi connectivity index (χ0) is 10.7. The molecule has 1 fully saturated rings. The van der Waals surface area contributed by atoms with Crippen LogP contribution in [0.5, 0.6) is 0 Å². The molecule has 1 heterocycles. The molecule has 0 amide bonds. The van der Waals surface area contributed by atoms with E-state index in [9.17, 15) is 0 Å². The van der Waals surface area contributed by atoms with Crippen molar-refractivity contribution in [2.24, 2.45) is 0 Å². The average Bonchev–Trinajstić information content (AvgIpc) is 2.30. The molecular formula is C13H19N2. The fraction of sp³-hybridized carbons (Fsp3) is 0.538. The molecule has 1 saturated heterocycles. The van der Waals surface area contributed by atoms with Crippen molar-refractivity contribution in [3.63, 3.8) is 0 Å². The van der Waals surface area contributed by atoms with E-state index in [1.165, 1.54) is 31.6 Å². The van der Waals surface area contributed by atoms with Crippen molar-refractivity contribution >= 4 is 5.69 Å². The Morgan fingerprint density at radius 3 is 2.33 bits per heavy atom. The maximum Gasteiger partial charge on any atom is 0.0366 e. The van der Waals surface area contributed by atoms with Crippen LogP contribution in [-0.4, -0.2) is 38.1 Å². The molecule has 0 aliphatic carbocycles. The highest BCUT2D eigenvalue weighted by Gasteiger charge is 2.20. The second-order valence-corrected chi connectivity index (χ2v) is 4.44. The van der Waals surface area contributed by atoms with Gasteiger partial charge >= 0.3 is 0 Å². The monoisotopic (exact) mass is 203 g/mol. The van der Waals surface area contributed by atoms with Gasteiger partial charge in [0, 0.05) is 24.8 Å². The van der Waals surface area contributed by atoms with Crippen LogP contribution in [0.3, 0.4) is 0 Å². The molecule has 2 nitrogen and oxygen atoms in total. The first-order chi connectivity index (χ1) is 7.27. The first-order valence-corrected chi connectivity index (χ1v) is 5.65. The topological polar surface area (TPSA) is 6.48 Å². The van der Waals surface area contributed by atoms with Crippen molar-refractivity contribution in [1.29, 1.82) is 0 Å². The number of rotatable bonds is 2. The van der Waals surface area contributed by atoms with Gasteiger partial charge in [0.05, 0.1) is 0 Å². The van der Waals surface area contributed by atoms with E-state index in [4.69, 9.17) is 0 Å². The Bertz CT molecular complexity index is 287. The van der Waals surface area contributed by atoms with Crippen LogP contribution in [0.25, 0.3) is 0 Å². The molecule has 2 rings (SSSR count). The second kappa shape index (κ2) is 4.67. The lowest BCUT2D eigenvalue weighted by Crippen LogP contribution is -2.41. The number of hydrogen-bond donors (Lipinski definition) is 0. The van der Waals surface area contributed by atoms with Crippen molar-refractivity contribution in [2.75, 3.05) is 32.1 Å². The van der Waals surface area contributed by atoms with Crippen molar-refractivity contribution < 1.29 is 0 Å². The van der Waals surface area contributed by atoms with E-state index in [1.54, 1.807) is 0 Å². The molecule has 1 aromatic rings. The fourth-order valence-corrected chi connectivity index (χ4v) is 2.23. The van der Waals surface area contributed by atoms with Crippen LogP contribution in [0.15, 0.2) is 24.3 Å². The van der Waals surface area contributed by atoms with Gasteiger partial charge in [-0.05, 0) is 45.1 Å². The van der Waals surface area contributed by atoms with Gasteiger partial charge in [0.1, 0.15) is 0 Å². The summed E-state index contributed by atoms with van der Waals surface area (Å²) in [4.78, 5) is 4.81. The molecule has 0 atom stereocenters. The third-order valence-electron chi connectivity index (χ3n) is 3.26. The summed E-state index contributed by atoms with van der Waals surface area (Å²) in [5.41, 5.74) is 1.34. The Morgan fingerprint density at radius 1 is 1.20 bits per heavy atom. The summed E-state index contributed by atoms with van der Waals surface area (Å²) in [7, 11) is 4.36. The van der Waals surface area contributed by atoms with Crippen molar-refractivity contribution in [2.45, 2.75) is 18.9 Å². The maximum absolute atomic E-state index is 3.06. The van der Waals surface area contributed by atoms with Gasteiger partial charge in [-0.2, -0.15) is 0 Å². The Labute approximate surface area is 92.5 Å². The zero-order valence-corrected chi connectivity index (χ0v) is 9.61. The molecule has 0 unspecified atom stereocenters. The van der Waals surface area contributed by atoms with E-state index in [-0.39, 0.29) is 0 Å². The van der Waals surface area contributed by atoms with Gasteiger partial charge in [-0.3, -0.25) is 0 Å². The number of anilines is 1.